The maximum atomic E-state index is 11.6. The lowest BCUT2D eigenvalue weighted by Crippen LogP contribution is -2.28. The lowest BCUT2D eigenvalue weighted by Gasteiger charge is -2.09. The van der Waals surface area contributed by atoms with E-state index in [1.165, 1.54) is 6.20 Å². The molecule has 0 aliphatic carbocycles. The van der Waals surface area contributed by atoms with Crippen LogP contribution in [0.2, 0.25) is 0 Å². The number of nitrogens with zero attached hydrogens (tertiary/aromatic N) is 3. The van der Waals surface area contributed by atoms with Crippen molar-refractivity contribution in [2.24, 2.45) is 0 Å². The number of pyridine rings is 1. The Labute approximate surface area is 145 Å². The number of benzene rings is 1. The van der Waals surface area contributed by atoms with Gasteiger partial charge in [0.2, 0.25) is 0 Å². The Morgan fingerprint density at radius 2 is 1.88 bits per heavy atom. The molecular formula is C18H19N5O2. The van der Waals surface area contributed by atoms with Crippen molar-refractivity contribution in [3.05, 3.63) is 41.6 Å². The molecule has 0 atom stereocenters. The van der Waals surface area contributed by atoms with Crippen molar-refractivity contribution in [2.45, 2.75) is 20.8 Å². The Kier molecular flexibility index (Phi) is 4.47. The zero-order valence-corrected chi connectivity index (χ0v) is 14.3. The fourth-order valence-electron chi connectivity index (χ4n) is 2.54. The second-order valence-electron chi connectivity index (χ2n) is 5.74. The predicted octanol–water partition coefficient (Wildman–Crippen LogP) is 3.16. The van der Waals surface area contributed by atoms with Gasteiger partial charge >= 0.3 is 6.03 Å². The zero-order valence-electron chi connectivity index (χ0n) is 14.3. The van der Waals surface area contributed by atoms with Gasteiger partial charge in [-0.05, 0) is 56.2 Å². The number of nitrogens with one attached hydrogen (secondary N) is 2. The number of aryl methyl sites for hydroxylation is 2. The van der Waals surface area contributed by atoms with Crippen LogP contribution in [0, 0.1) is 13.8 Å². The molecule has 128 valence electrons. The van der Waals surface area contributed by atoms with Crippen molar-refractivity contribution >= 4 is 23.0 Å². The third-order valence-corrected chi connectivity index (χ3v) is 3.77. The average molecular weight is 337 g/mol. The highest BCUT2D eigenvalue weighted by molar-refractivity contribution is 5.89. The van der Waals surface area contributed by atoms with Crippen LogP contribution in [0.25, 0.3) is 22.4 Å². The molecule has 3 aromatic rings. The molecule has 0 fully saturated rings. The van der Waals surface area contributed by atoms with Crippen molar-refractivity contribution in [2.75, 3.05) is 11.9 Å². The summed E-state index contributed by atoms with van der Waals surface area (Å²) in [5.41, 5.74) is 4.26. The molecule has 2 amide bonds. The molecule has 0 spiro atoms. The van der Waals surface area contributed by atoms with E-state index in [1.54, 1.807) is 0 Å². The van der Waals surface area contributed by atoms with Crippen LogP contribution in [0.3, 0.4) is 0 Å². The molecular weight excluding hydrogens is 318 g/mol. The number of rotatable bonds is 3. The van der Waals surface area contributed by atoms with Gasteiger partial charge in [-0.3, -0.25) is 5.32 Å². The van der Waals surface area contributed by atoms with Crippen LogP contribution in [0.1, 0.15) is 18.1 Å². The van der Waals surface area contributed by atoms with Crippen LogP contribution >= 0.6 is 0 Å². The number of hydrogen-bond donors (Lipinski definition) is 3. The first-order valence-corrected chi connectivity index (χ1v) is 7.97. The van der Waals surface area contributed by atoms with Gasteiger partial charge in [0.1, 0.15) is 11.3 Å². The minimum Gasteiger partial charge on any atom is -0.507 e. The summed E-state index contributed by atoms with van der Waals surface area (Å²) >= 11 is 0. The van der Waals surface area contributed by atoms with Crippen LogP contribution < -0.4 is 10.6 Å². The number of fused-ring (bicyclic) bond motifs is 1. The highest BCUT2D eigenvalue weighted by Gasteiger charge is 2.09. The van der Waals surface area contributed by atoms with E-state index in [0.717, 1.165) is 22.4 Å². The van der Waals surface area contributed by atoms with Gasteiger partial charge < -0.3 is 10.4 Å². The molecule has 2 aromatic heterocycles. The van der Waals surface area contributed by atoms with Gasteiger partial charge in [-0.15, -0.1) is 0 Å². The molecule has 7 heteroatoms. The lowest BCUT2D eigenvalue weighted by atomic mass is 10.0. The molecule has 25 heavy (non-hydrogen) atoms. The molecule has 0 saturated carbocycles. The number of aromatic nitrogens is 3. The Hall–Kier alpha value is -3.22. The topological polar surface area (TPSA) is 100 Å². The number of amides is 2. The minimum absolute atomic E-state index is 0.290. The number of aromatic hydroxyl groups is 1. The Morgan fingerprint density at radius 3 is 2.56 bits per heavy atom. The van der Waals surface area contributed by atoms with Gasteiger partial charge in [0.25, 0.3) is 0 Å². The van der Waals surface area contributed by atoms with Crippen molar-refractivity contribution in [1.29, 1.82) is 0 Å². The smallest absolute Gasteiger partial charge is 0.320 e. The Balaban J connectivity index is 1.99. The number of urea groups is 1. The standard InChI is InChI=1S/C18H19N5O2/c1-4-19-18(25)23-15-9-20-14-6-5-13(21-17(14)22-15)12-7-10(2)16(24)11(3)8-12/h5-9,24H,4H2,1-3H3,(H2,19,21,22,23,25). The summed E-state index contributed by atoms with van der Waals surface area (Å²) in [6.07, 6.45) is 1.49. The number of anilines is 1. The van der Waals surface area contributed by atoms with E-state index < -0.39 is 0 Å². The minimum atomic E-state index is -0.336. The van der Waals surface area contributed by atoms with Gasteiger partial charge in [-0.2, -0.15) is 0 Å². The fraction of sp³-hybridized carbons (Fsp3) is 0.222. The summed E-state index contributed by atoms with van der Waals surface area (Å²) in [4.78, 5) is 24.8. The third-order valence-electron chi connectivity index (χ3n) is 3.77. The van der Waals surface area contributed by atoms with Gasteiger partial charge in [0, 0.05) is 12.1 Å². The van der Waals surface area contributed by atoms with Gasteiger partial charge in [0.05, 0.1) is 11.9 Å². The molecule has 0 aliphatic rings. The van der Waals surface area contributed by atoms with Crippen LogP contribution in [0.5, 0.6) is 5.75 Å². The number of phenolic OH excluding ortho intramolecular Hbond substituents is 1. The zero-order chi connectivity index (χ0) is 18.0. The SMILES string of the molecule is CCNC(=O)Nc1cnc2ccc(-c3cc(C)c(O)c(C)c3)nc2n1. The lowest BCUT2D eigenvalue weighted by molar-refractivity contribution is 0.252. The van der Waals surface area contributed by atoms with E-state index in [0.29, 0.717) is 23.5 Å². The number of carbonyl (C=O) groups excluding carboxylic acids is 1. The van der Waals surface area contributed by atoms with Crippen molar-refractivity contribution < 1.29 is 9.90 Å². The van der Waals surface area contributed by atoms with E-state index in [-0.39, 0.29) is 11.8 Å². The largest absolute Gasteiger partial charge is 0.507 e. The molecule has 3 rings (SSSR count). The van der Waals surface area contributed by atoms with Crippen molar-refractivity contribution in [3.63, 3.8) is 0 Å². The summed E-state index contributed by atoms with van der Waals surface area (Å²) in [5, 5.41) is 15.2. The van der Waals surface area contributed by atoms with Crippen molar-refractivity contribution in [3.8, 4) is 17.0 Å². The highest BCUT2D eigenvalue weighted by atomic mass is 16.3. The third kappa shape index (κ3) is 3.50. The first-order valence-electron chi connectivity index (χ1n) is 7.97. The number of hydrogen-bond acceptors (Lipinski definition) is 5. The van der Waals surface area contributed by atoms with Crippen molar-refractivity contribution in [1.82, 2.24) is 20.3 Å². The molecule has 7 nitrogen and oxygen atoms in total. The van der Waals surface area contributed by atoms with E-state index >= 15 is 0 Å². The summed E-state index contributed by atoms with van der Waals surface area (Å²) in [6, 6.07) is 7.11. The van der Waals surface area contributed by atoms with Crippen LogP contribution in [-0.2, 0) is 0 Å². The second kappa shape index (κ2) is 6.72. The van der Waals surface area contributed by atoms with E-state index in [9.17, 15) is 9.90 Å². The second-order valence-corrected chi connectivity index (χ2v) is 5.74. The molecule has 0 aliphatic heterocycles. The molecule has 0 unspecified atom stereocenters. The maximum absolute atomic E-state index is 11.6. The summed E-state index contributed by atoms with van der Waals surface area (Å²) in [7, 11) is 0. The summed E-state index contributed by atoms with van der Waals surface area (Å²) in [5.74, 6) is 0.624. The molecule has 0 radical (unpaired) electrons. The predicted molar refractivity (Wildman–Crippen MR) is 96.6 cm³/mol. The monoisotopic (exact) mass is 337 g/mol. The van der Waals surface area contributed by atoms with E-state index in [1.807, 2.05) is 45.0 Å². The van der Waals surface area contributed by atoms with Crippen LogP contribution in [-0.4, -0.2) is 32.6 Å². The fourth-order valence-corrected chi connectivity index (χ4v) is 2.54. The first-order chi connectivity index (χ1) is 12.0. The molecule has 0 bridgehead atoms. The van der Waals surface area contributed by atoms with E-state index in [2.05, 4.69) is 25.6 Å². The Bertz CT molecular complexity index is 932. The average Bonchev–Trinajstić information content (AvgIpc) is 2.58. The highest BCUT2D eigenvalue weighted by Crippen LogP contribution is 2.28. The number of carbonyl (C=O) groups is 1. The quantitative estimate of drug-likeness (QED) is 0.682. The summed E-state index contributed by atoms with van der Waals surface area (Å²) in [6.45, 7) is 6.05. The molecule has 3 N–H and O–H groups in total. The molecule has 0 saturated heterocycles. The maximum Gasteiger partial charge on any atom is 0.320 e. The van der Waals surface area contributed by atoms with Gasteiger partial charge in [0.15, 0.2) is 11.5 Å². The van der Waals surface area contributed by atoms with Gasteiger partial charge in [-0.25, -0.2) is 19.7 Å². The van der Waals surface area contributed by atoms with Crippen LogP contribution in [0.15, 0.2) is 30.5 Å². The first kappa shape index (κ1) is 16.6. The number of phenols is 1. The van der Waals surface area contributed by atoms with E-state index in [4.69, 9.17) is 0 Å². The summed E-state index contributed by atoms with van der Waals surface area (Å²) < 4.78 is 0. The van der Waals surface area contributed by atoms with Crippen LogP contribution in [0.4, 0.5) is 10.6 Å². The molecule has 2 heterocycles. The van der Waals surface area contributed by atoms with Gasteiger partial charge in [-0.1, -0.05) is 0 Å². The Morgan fingerprint density at radius 1 is 1.16 bits per heavy atom. The molecule has 1 aromatic carbocycles. The normalized spacial score (nSPS) is 10.7.